The van der Waals surface area contributed by atoms with E-state index < -0.39 is 6.10 Å². The summed E-state index contributed by atoms with van der Waals surface area (Å²) in [6, 6.07) is 3.34. The van der Waals surface area contributed by atoms with E-state index in [4.69, 9.17) is 4.74 Å². The zero-order valence-electron chi connectivity index (χ0n) is 14.9. The van der Waals surface area contributed by atoms with Crippen molar-refractivity contribution in [2.24, 2.45) is 0 Å². The van der Waals surface area contributed by atoms with Crippen molar-refractivity contribution in [2.75, 3.05) is 7.05 Å². The third-order valence-corrected chi connectivity index (χ3v) is 5.52. The number of aliphatic hydroxyl groups excluding tert-OH is 1. The number of carbonyl (C=O) groups excluding carboxylic acids is 1. The molecule has 0 aromatic carbocycles. The van der Waals surface area contributed by atoms with Gasteiger partial charge in [-0.15, -0.1) is 0 Å². The fraction of sp³-hybridized carbons (Fsp3) is 0.526. The molecule has 0 radical (unpaired) electrons. The minimum Gasteiger partial charge on any atom is -0.486 e. The Morgan fingerprint density at radius 3 is 3.00 bits per heavy atom. The van der Waals surface area contributed by atoms with Crippen LogP contribution >= 0.6 is 0 Å². The fourth-order valence-corrected chi connectivity index (χ4v) is 4.04. The molecule has 26 heavy (non-hydrogen) atoms. The molecule has 2 aromatic rings. The average Bonchev–Trinajstić information content (AvgIpc) is 3.26. The number of hydrogen-bond donors (Lipinski definition) is 2. The van der Waals surface area contributed by atoms with Gasteiger partial charge in [-0.2, -0.15) is 5.10 Å². The van der Waals surface area contributed by atoms with Crippen molar-refractivity contribution in [1.29, 1.82) is 0 Å². The minimum atomic E-state index is -0.737. The molecule has 0 unspecified atom stereocenters. The molecule has 2 heterocycles. The number of likely N-dealkylation sites (N-methyl/N-ethyl adjacent to an activating group) is 1. The van der Waals surface area contributed by atoms with Crippen LogP contribution in [0.25, 0.3) is 0 Å². The summed E-state index contributed by atoms with van der Waals surface area (Å²) in [7, 11) is 1.74. The summed E-state index contributed by atoms with van der Waals surface area (Å²) in [5, 5.41) is 18.0. The van der Waals surface area contributed by atoms with Crippen LogP contribution in [0.1, 0.15) is 47.4 Å². The largest absolute Gasteiger partial charge is 0.486 e. The fourth-order valence-electron chi connectivity index (χ4n) is 4.04. The van der Waals surface area contributed by atoms with E-state index in [1.54, 1.807) is 30.4 Å². The number of nitrogens with zero attached hydrogens (tertiary/aromatic N) is 3. The summed E-state index contributed by atoms with van der Waals surface area (Å²) in [4.78, 5) is 18.6. The first kappa shape index (κ1) is 17.0. The zero-order valence-corrected chi connectivity index (χ0v) is 14.9. The van der Waals surface area contributed by atoms with Crippen LogP contribution in [0.4, 0.5) is 0 Å². The van der Waals surface area contributed by atoms with Gasteiger partial charge < -0.3 is 14.7 Å². The number of rotatable bonds is 4. The van der Waals surface area contributed by atoms with Crippen molar-refractivity contribution >= 4 is 5.91 Å². The Balaban J connectivity index is 1.45. The highest BCUT2D eigenvalue weighted by Gasteiger charge is 2.41. The lowest BCUT2D eigenvalue weighted by atomic mass is 9.95. The number of aliphatic hydroxyl groups is 1. The van der Waals surface area contributed by atoms with Gasteiger partial charge in [-0.05, 0) is 50.7 Å². The molecule has 1 amide bonds. The van der Waals surface area contributed by atoms with E-state index >= 15 is 0 Å². The van der Waals surface area contributed by atoms with E-state index in [0.717, 1.165) is 36.9 Å². The Morgan fingerprint density at radius 1 is 1.35 bits per heavy atom. The molecule has 2 aliphatic rings. The van der Waals surface area contributed by atoms with Gasteiger partial charge in [-0.25, -0.2) is 0 Å². The van der Waals surface area contributed by atoms with Crippen LogP contribution in [0.2, 0.25) is 0 Å². The molecule has 0 saturated heterocycles. The van der Waals surface area contributed by atoms with Gasteiger partial charge in [0.15, 0.2) is 5.69 Å². The Hall–Kier alpha value is -2.41. The number of aryl methyl sites for hydroxylation is 1. The number of ether oxygens (including phenoxy) is 1. The molecule has 138 valence electrons. The first-order chi connectivity index (χ1) is 12.6. The molecule has 0 aliphatic heterocycles. The second kappa shape index (κ2) is 7.07. The van der Waals surface area contributed by atoms with E-state index in [9.17, 15) is 9.90 Å². The molecule has 1 saturated carbocycles. The van der Waals surface area contributed by atoms with Crippen molar-refractivity contribution in [3.63, 3.8) is 0 Å². The Morgan fingerprint density at radius 2 is 2.19 bits per heavy atom. The highest BCUT2D eigenvalue weighted by Crippen LogP contribution is 2.30. The third-order valence-electron chi connectivity index (χ3n) is 5.52. The highest BCUT2D eigenvalue weighted by atomic mass is 16.5. The van der Waals surface area contributed by atoms with Crippen LogP contribution < -0.4 is 4.74 Å². The number of H-pyrrole nitrogens is 1. The molecular weight excluding hydrogens is 332 g/mol. The van der Waals surface area contributed by atoms with Crippen molar-refractivity contribution in [3.8, 4) is 5.75 Å². The zero-order chi connectivity index (χ0) is 18.1. The van der Waals surface area contributed by atoms with Gasteiger partial charge in [-0.3, -0.25) is 14.9 Å². The van der Waals surface area contributed by atoms with E-state index in [1.165, 1.54) is 0 Å². The summed E-state index contributed by atoms with van der Waals surface area (Å²) in [6.07, 6.45) is 7.68. The number of fused-ring (bicyclic) bond motifs is 1. The second-order valence-electron chi connectivity index (χ2n) is 7.13. The minimum absolute atomic E-state index is 0.129. The smallest absolute Gasteiger partial charge is 0.274 e. The monoisotopic (exact) mass is 356 g/mol. The van der Waals surface area contributed by atoms with Gasteiger partial charge >= 0.3 is 0 Å². The maximum absolute atomic E-state index is 13.0. The van der Waals surface area contributed by atoms with Crippen molar-refractivity contribution in [1.82, 2.24) is 20.1 Å². The number of carbonyl (C=O) groups is 1. The molecule has 7 nitrogen and oxygen atoms in total. The Kier molecular flexibility index (Phi) is 4.63. The van der Waals surface area contributed by atoms with Gasteiger partial charge in [0, 0.05) is 24.5 Å². The lowest BCUT2D eigenvalue weighted by molar-refractivity contribution is 0.0163. The molecule has 2 aromatic heterocycles. The quantitative estimate of drug-likeness (QED) is 0.870. The number of aromatic nitrogens is 3. The molecule has 3 atom stereocenters. The van der Waals surface area contributed by atoms with Crippen LogP contribution in [0.5, 0.6) is 5.75 Å². The van der Waals surface area contributed by atoms with E-state index in [1.807, 2.05) is 6.07 Å². The van der Waals surface area contributed by atoms with E-state index in [0.29, 0.717) is 24.3 Å². The summed E-state index contributed by atoms with van der Waals surface area (Å²) in [6.45, 7) is 0. The molecular formula is C19H24N4O3. The number of amides is 1. The Labute approximate surface area is 152 Å². The van der Waals surface area contributed by atoms with E-state index in [-0.39, 0.29) is 18.1 Å². The first-order valence-electron chi connectivity index (χ1n) is 9.23. The number of hydrogen-bond acceptors (Lipinski definition) is 5. The molecule has 0 bridgehead atoms. The van der Waals surface area contributed by atoms with Crippen molar-refractivity contribution in [3.05, 3.63) is 41.5 Å². The molecule has 0 spiro atoms. The highest BCUT2D eigenvalue weighted by molar-refractivity contribution is 5.94. The van der Waals surface area contributed by atoms with Crippen LogP contribution in [-0.2, 0) is 12.8 Å². The normalized spacial score (nSPS) is 24.9. The number of pyridine rings is 1. The topological polar surface area (TPSA) is 91.3 Å². The molecule has 7 heteroatoms. The lowest BCUT2D eigenvalue weighted by Gasteiger charge is -2.28. The maximum Gasteiger partial charge on any atom is 0.274 e. The lowest BCUT2D eigenvalue weighted by Crippen LogP contribution is -2.45. The predicted octanol–water partition coefficient (Wildman–Crippen LogP) is 1.73. The van der Waals surface area contributed by atoms with E-state index in [2.05, 4.69) is 15.2 Å². The third kappa shape index (κ3) is 3.07. The summed E-state index contributed by atoms with van der Waals surface area (Å²) in [5.41, 5.74) is 2.63. The van der Waals surface area contributed by atoms with Crippen molar-refractivity contribution in [2.45, 2.75) is 56.8 Å². The predicted molar refractivity (Wildman–Crippen MR) is 95.0 cm³/mol. The van der Waals surface area contributed by atoms with Gasteiger partial charge in [0.05, 0.1) is 12.2 Å². The average molecular weight is 356 g/mol. The number of nitrogens with one attached hydrogen (secondary N) is 1. The SMILES string of the molecule is CN(C(=O)c1n[nH]c2c1CCCC2)[C@@H]1CC[C@@H](Oc2cccnc2)[C@@H]1O. The Bertz CT molecular complexity index is 776. The molecule has 2 aliphatic carbocycles. The molecule has 2 N–H and O–H groups in total. The van der Waals surface area contributed by atoms with Crippen molar-refractivity contribution < 1.29 is 14.6 Å². The van der Waals surface area contributed by atoms with Crippen LogP contribution in [0, 0.1) is 0 Å². The van der Waals surface area contributed by atoms with Gasteiger partial charge in [0.1, 0.15) is 18.0 Å². The summed E-state index contributed by atoms with van der Waals surface area (Å²) >= 11 is 0. The maximum atomic E-state index is 13.0. The van der Waals surface area contributed by atoms with Crippen LogP contribution in [0.3, 0.4) is 0 Å². The molecule has 4 rings (SSSR count). The van der Waals surface area contributed by atoms with Gasteiger partial charge in [0.25, 0.3) is 5.91 Å². The summed E-state index contributed by atoms with van der Waals surface area (Å²) in [5.74, 6) is 0.503. The number of aromatic amines is 1. The first-order valence-corrected chi connectivity index (χ1v) is 9.23. The second-order valence-corrected chi connectivity index (χ2v) is 7.13. The van der Waals surface area contributed by atoms with Gasteiger partial charge in [-0.1, -0.05) is 0 Å². The van der Waals surface area contributed by atoms with Crippen LogP contribution in [0.15, 0.2) is 24.5 Å². The summed E-state index contributed by atoms with van der Waals surface area (Å²) < 4.78 is 5.86. The van der Waals surface area contributed by atoms with Gasteiger partial charge in [0.2, 0.25) is 0 Å². The standard InChI is InChI=1S/C19H24N4O3/c1-23(19(25)17-13-6-2-3-7-14(13)21-22-17)15-8-9-16(18(15)24)26-12-5-4-10-20-11-12/h4-5,10-11,15-16,18,24H,2-3,6-9H2,1H3,(H,21,22)/t15-,16-,18-/m1/s1. The van der Waals surface area contributed by atoms with Crippen LogP contribution in [-0.4, -0.2) is 56.4 Å². The molecule has 1 fully saturated rings.